The highest BCUT2D eigenvalue weighted by atomic mass is 16.7. The summed E-state index contributed by atoms with van der Waals surface area (Å²) in [5.41, 5.74) is 0. The van der Waals surface area contributed by atoms with Crippen LogP contribution in [-0.4, -0.2) is 53.6 Å². The van der Waals surface area contributed by atoms with E-state index in [0.717, 1.165) is 19.4 Å². The minimum absolute atomic E-state index is 0.175. The number of aliphatic carboxylic acids is 1. The molecule has 2 aliphatic heterocycles. The van der Waals surface area contributed by atoms with Crippen molar-refractivity contribution < 1.29 is 19.4 Å². The van der Waals surface area contributed by atoms with Gasteiger partial charge in [0.1, 0.15) is 0 Å². The predicted octanol–water partition coefficient (Wildman–Crippen LogP) is 1.47. The Balaban J connectivity index is 1.86. The number of hydrogen-bond donors (Lipinski definition) is 1. The Morgan fingerprint density at radius 3 is 2.83 bits per heavy atom. The zero-order valence-electron chi connectivity index (χ0n) is 11.2. The summed E-state index contributed by atoms with van der Waals surface area (Å²) < 4.78 is 10.8. The van der Waals surface area contributed by atoms with E-state index in [0.29, 0.717) is 12.1 Å². The summed E-state index contributed by atoms with van der Waals surface area (Å²) in [5, 5.41) is 8.86. The average Bonchev–Trinajstić information content (AvgIpc) is 2.78. The Hall–Kier alpha value is -0.650. The molecule has 0 aromatic rings. The van der Waals surface area contributed by atoms with Crippen molar-refractivity contribution in [3.63, 3.8) is 0 Å². The lowest BCUT2D eigenvalue weighted by Crippen LogP contribution is -2.45. The molecule has 0 amide bonds. The van der Waals surface area contributed by atoms with E-state index < -0.39 is 12.1 Å². The van der Waals surface area contributed by atoms with Gasteiger partial charge in [0.25, 0.3) is 0 Å². The number of nitrogens with zero attached hydrogens (tertiary/aromatic N) is 1. The summed E-state index contributed by atoms with van der Waals surface area (Å²) in [7, 11) is 0. The molecule has 2 saturated heterocycles. The van der Waals surface area contributed by atoms with Gasteiger partial charge in [-0.25, -0.2) is 4.79 Å². The molecule has 2 rings (SSSR count). The molecule has 1 N–H and O–H groups in total. The van der Waals surface area contributed by atoms with Gasteiger partial charge in [0, 0.05) is 18.5 Å². The summed E-state index contributed by atoms with van der Waals surface area (Å²) in [6.45, 7) is 5.70. The smallest absolute Gasteiger partial charge is 0.335 e. The number of carboxylic acid groups (broad SMARTS) is 1. The second kappa shape index (κ2) is 5.99. The first-order chi connectivity index (χ1) is 8.58. The fraction of sp³-hybridized carbons (Fsp3) is 0.923. The maximum atomic E-state index is 10.8. The van der Waals surface area contributed by atoms with Crippen LogP contribution >= 0.6 is 0 Å². The SMILES string of the molecule is CC(C)N1CCCCC1CC1OCC(C(=O)O)O1. The molecule has 5 heteroatoms. The summed E-state index contributed by atoms with van der Waals surface area (Å²) in [5.74, 6) is -0.929. The van der Waals surface area contributed by atoms with Crippen LogP contribution in [0.25, 0.3) is 0 Å². The molecule has 0 saturated carbocycles. The van der Waals surface area contributed by atoms with Gasteiger partial charge in [-0.2, -0.15) is 0 Å². The average molecular weight is 257 g/mol. The molecule has 2 fully saturated rings. The van der Waals surface area contributed by atoms with Gasteiger partial charge in [-0.15, -0.1) is 0 Å². The van der Waals surface area contributed by atoms with E-state index >= 15 is 0 Å². The molecule has 3 atom stereocenters. The van der Waals surface area contributed by atoms with E-state index in [1.165, 1.54) is 12.8 Å². The van der Waals surface area contributed by atoms with Crippen LogP contribution in [0.2, 0.25) is 0 Å². The van der Waals surface area contributed by atoms with Crippen LogP contribution in [0.15, 0.2) is 0 Å². The van der Waals surface area contributed by atoms with Gasteiger partial charge < -0.3 is 14.6 Å². The molecule has 2 heterocycles. The quantitative estimate of drug-likeness (QED) is 0.826. The molecule has 0 aromatic heterocycles. The Morgan fingerprint density at radius 1 is 1.44 bits per heavy atom. The van der Waals surface area contributed by atoms with Crippen molar-refractivity contribution in [1.29, 1.82) is 0 Å². The second-order valence-electron chi connectivity index (χ2n) is 5.44. The number of likely N-dealkylation sites (tertiary alicyclic amines) is 1. The van der Waals surface area contributed by atoms with Crippen molar-refractivity contribution >= 4 is 5.97 Å². The van der Waals surface area contributed by atoms with E-state index in [1.807, 2.05) is 0 Å². The molecule has 2 aliphatic rings. The molecule has 5 nitrogen and oxygen atoms in total. The summed E-state index contributed by atoms with van der Waals surface area (Å²) in [4.78, 5) is 13.3. The highest BCUT2D eigenvalue weighted by Gasteiger charge is 2.35. The Morgan fingerprint density at radius 2 is 2.22 bits per heavy atom. The Labute approximate surface area is 108 Å². The lowest BCUT2D eigenvalue weighted by Gasteiger charge is -2.39. The van der Waals surface area contributed by atoms with Crippen LogP contribution in [0.4, 0.5) is 0 Å². The van der Waals surface area contributed by atoms with Crippen molar-refractivity contribution in [2.75, 3.05) is 13.2 Å². The lowest BCUT2D eigenvalue weighted by atomic mass is 9.97. The van der Waals surface area contributed by atoms with Crippen LogP contribution in [0.5, 0.6) is 0 Å². The van der Waals surface area contributed by atoms with Gasteiger partial charge in [0.05, 0.1) is 6.61 Å². The second-order valence-corrected chi connectivity index (χ2v) is 5.44. The molecular weight excluding hydrogens is 234 g/mol. The third kappa shape index (κ3) is 3.22. The van der Waals surface area contributed by atoms with Gasteiger partial charge in [-0.05, 0) is 33.2 Å². The third-order valence-corrected chi connectivity index (χ3v) is 3.83. The number of piperidine rings is 1. The number of hydrogen-bond acceptors (Lipinski definition) is 4. The van der Waals surface area contributed by atoms with E-state index in [4.69, 9.17) is 14.6 Å². The number of carbonyl (C=O) groups is 1. The predicted molar refractivity (Wildman–Crippen MR) is 66.3 cm³/mol. The topological polar surface area (TPSA) is 59.0 Å². The number of rotatable bonds is 4. The van der Waals surface area contributed by atoms with E-state index in [2.05, 4.69) is 18.7 Å². The van der Waals surface area contributed by atoms with Crippen molar-refractivity contribution in [1.82, 2.24) is 4.90 Å². The first-order valence-electron chi connectivity index (χ1n) is 6.83. The van der Waals surface area contributed by atoms with Crippen molar-refractivity contribution in [3.8, 4) is 0 Å². The number of ether oxygens (including phenoxy) is 2. The molecule has 18 heavy (non-hydrogen) atoms. The van der Waals surface area contributed by atoms with E-state index in [-0.39, 0.29) is 12.9 Å². The van der Waals surface area contributed by atoms with E-state index in [1.54, 1.807) is 0 Å². The standard InChI is InChI=1S/C13H23NO4/c1-9(2)14-6-4-3-5-10(14)7-12-17-8-11(18-12)13(15)16/h9-12H,3-8H2,1-2H3,(H,15,16). The summed E-state index contributed by atoms with van der Waals surface area (Å²) >= 11 is 0. The van der Waals surface area contributed by atoms with Gasteiger partial charge in [-0.3, -0.25) is 4.90 Å². The Kier molecular flexibility index (Phi) is 4.59. The molecule has 0 radical (unpaired) electrons. The minimum atomic E-state index is -0.929. The van der Waals surface area contributed by atoms with Crippen LogP contribution in [0.3, 0.4) is 0 Å². The van der Waals surface area contributed by atoms with E-state index in [9.17, 15) is 4.79 Å². The van der Waals surface area contributed by atoms with Gasteiger partial charge in [0.2, 0.25) is 0 Å². The van der Waals surface area contributed by atoms with Crippen LogP contribution in [-0.2, 0) is 14.3 Å². The van der Waals surface area contributed by atoms with Gasteiger partial charge in [-0.1, -0.05) is 6.42 Å². The largest absolute Gasteiger partial charge is 0.479 e. The molecule has 0 aliphatic carbocycles. The molecule has 0 spiro atoms. The van der Waals surface area contributed by atoms with Crippen LogP contribution < -0.4 is 0 Å². The molecule has 0 bridgehead atoms. The zero-order valence-corrected chi connectivity index (χ0v) is 11.2. The van der Waals surface area contributed by atoms with Crippen molar-refractivity contribution in [2.45, 2.75) is 64.0 Å². The normalized spacial score (nSPS) is 34.1. The maximum absolute atomic E-state index is 10.8. The monoisotopic (exact) mass is 257 g/mol. The van der Waals surface area contributed by atoms with Crippen LogP contribution in [0.1, 0.15) is 39.5 Å². The zero-order chi connectivity index (χ0) is 13.1. The van der Waals surface area contributed by atoms with Crippen molar-refractivity contribution in [3.05, 3.63) is 0 Å². The molecule has 0 aromatic carbocycles. The molecular formula is C13H23NO4. The van der Waals surface area contributed by atoms with Gasteiger partial charge in [0.15, 0.2) is 12.4 Å². The number of carboxylic acids is 1. The Bertz CT molecular complexity index is 295. The van der Waals surface area contributed by atoms with Gasteiger partial charge >= 0.3 is 5.97 Å². The first-order valence-corrected chi connectivity index (χ1v) is 6.83. The van der Waals surface area contributed by atoms with Crippen molar-refractivity contribution in [2.24, 2.45) is 0 Å². The lowest BCUT2D eigenvalue weighted by molar-refractivity contribution is -0.151. The summed E-state index contributed by atoms with van der Waals surface area (Å²) in [6, 6.07) is 0.975. The highest BCUT2D eigenvalue weighted by Crippen LogP contribution is 2.26. The maximum Gasteiger partial charge on any atom is 0.335 e. The summed E-state index contributed by atoms with van der Waals surface area (Å²) in [6.07, 6.45) is 3.28. The van der Waals surface area contributed by atoms with Crippen LogP contribution in [0, 0.1) is 0 Å². The molecule has 104 valence electrons. The minimum Gasteiger partial charge on any atom is -0.479 e. The fourth-order valence-corrected chi connectivity index (χ4v) is 2.89. The first kappa shape index (κ1) is 13.8. The highest BCUT2D eigenvalue weighted by molar-refractivity contribution is 5.72. The molecule has 3 unspecified atom stereocenters. The fourth-order valence-electron chi connectivity index (χ4n) is 2.89. The third-order valence-electron chi connectivity index (χ3n) is 3.83.